The third-order valence-electron chi connectivity index (χ3n) is 6.11. The van der Waals surface area contributed by atoms with Gasteiger partial charge in [-0.1, -0.05) is 64.1 Å². The Balaban J connectivity index is 5.90. The van der Waals surface area contributed by atoms with E-state index in [0.29, 0.717) is 0 Å². The summed E-state index contributed by atoms with van der Waals surface area (Å²) in [7, 11) is -4.13. The van der Waals surface area contributed by atoms with Gasteiger partial charge in [-0.15, -0.1) is 0 Å². The van der Waals surface area contributed by atoms with Crippen molar-refractivity contribution in [3.8, 4) is 0 Å². The zero-order valence-corrected chi connectivity index (χ0v) is 25.2. The molecule has 0 aromatic heterocycles. The molecule has 0 heterocycles. The molecule has 0 aromatic rings. The normalized spacial score (nSPS) is 16.8. The van der Waals surface area contributed by atoms with Crippen LogP contribution in [0.1, 0.15) is 62.3 Å². The van der Waals surface area contributed by atoms with Gasteiger partial charge in [-0.05, 0) is 67.2 Å². The number of hydrogen-bond acceptors (Lipinski definition) is 4. The van der Waals surface area contributed by atoms with E-state index in [1.165, 1.54) is 0 Å². The molecule has 0 aromatic carbocycles. The predicted octanol–water partition coefficient (Wildman–Crippen LogP) is 7.31. The smallest absolute Gasteiger partial charge is 0.311 e. The molecule has 0 saturated heterocycles. The lowest BCUT2D eigenvalue weighted by Gasteiger charge is -2.44. The highest BCUT2D eigenvalue weighted by atomic mass is 127. The number of esters is 1. The molecule has 0 aliphatic heterocycles. The van der Waals surface area contributed by atoms with E-state index in [-0.39, 0.29) is 34.9 Å². The SMILES string of the molecule is CC(C)(C)C(=O)OC[C@@H](O[Si](C)(C)C(C)(C)C)[C@@H](/C=C/I)O[Si](C)(C)C(C)(C)C. The third kappa shape index (κ3) is 9.13. The summed E-state index contributed by atoms with van der Waals surface area (Å²) < 4.78 is 21.2. The van der Waals surface area contributed by atoms with Gasteiger partial charge in [0, 0.05) is 0 Å². The average molecular weight is 557 g/mol. The van der Waals surface area contributed by atoms with Crippen LogP contribution < -0.4 is 0 Å². The van der Waals surface area contributed by atoms with E-state index in [1.54, 1.807) is 0 Å². The van der Waals surface area contributed by atoms with Gasteiger partial charge in [0.1, 0.15) is 12.7 Å². The van der Waals surface area contributed by atoms with Crippen LogP contribution in [0.25, 0.3) is 0 Å². The number of carbonyl (C=O) groups excluding carboxylic acids is 1. The van der Waals surface area contributed by atoms with Crippen LogP contribution >= 0.6 is 22.6 Å². The minimum atomic E-state index is -2.09. The zero-order chi connectivity index (χ0) is 23.5. The van der Waals surface area contributed by atoms with Crippen LogP contribution in [0, 0.1) is 5.41 Å². The van der Waals surface area contributed by atoms with Crippen LogP contribution in [-0.2, 0) is 18.4 Å². The molecule has 29 heavy (non-hydrogen) atoms. The number of halogens is 1. The van der Waals surface area contributed by atoms with Crippen LogP contribution in [0.2, 0.25) is 36.3 Å². The lowest BCUT2D eigenvalue weighted by Crippen LogP contribution is -2.53. The highest BCUT2D eigenvalue weighted by molar-refractivity contribution is 14.1. The molecule has 0 amide bonds. The molecule has 7 heteroatoms. The van der Waals surface area contributed by atoms with Gasteiger partial charge in [-0.2, -0.15) is 0 Å². The molecule has 0 bridgehead atoms. The van der Waals surface area contributed by atoms with Crippen LogP contribution in [0.4, 0.5) is 0 Å². The van der Waals surface area contributed by atoms with E-state index in [4.69, 9.17) is 13.6 Å². The fraction of sp³-hybridized carbons (Fsp3) is 0.864. The first kappa shape index (κ1) is 29.3. The number of ether oxygens (including phenoxy) is 1. The Morgan fingerprint density at radius 1 is 0.862 bits per heavy atom. The molecule has 172 valence electrons. The molecule has 0 aliphatic carbocycles. The second-order valence-corrected chi connectivity index (χ2v) is 22.2. The van der Waals surface area contributed by atoms with Crippen molar-refractivity contribution >= 4 is 45.2 Å². The third-order valence-corrected chi connectivity index (χ3v) is 15.5. The Morgan fingerprint density at radius 3 is 1.62 bits per heavy atom. The molecular weight excluding hydrogens is 511 g/mol. The van der Waals surface area contributed by atoms with Crippen molar-refractivity contribution in [3.63, 3.8) is 0 Å². The quantitative estimate of drug-likeness (QED) is 0.179. The van der Waals surface area contributed by atoms with Gasteiger partial charge in [0.25, 0.3) is 0 Å². The van der Waals surface area contributed by atoms with Crippen molar-refractivity contribution in [1.29, 1.82) is 0 Å². The van der Waals surface area contributed by atoms with E-state index in [2.05, 4.69) is 90.3 Å². The average Bonchev–Trinajstić information content (AvgIpc) is 2.47. The first-order valence-corrected chi connectivity index (χ1v) is 17.5. The molecule has 0 radical (unpaired) electrons. The molecule has 0 aliphatic rings. The molecule has 0 rings (SSSR count). The first-order valence-electron chi connectivity index (χ1n) is 10.5. The van der Waals surface area contributed by atoms with Crippen molar-refractivity contribution in [1.82, 2.24) is 0 Å². The summed E-state index contributed by atoms with van der Waals surface area (Å²) in [5.74, 6) is -0.217. The Labute approximate surface area is 195 Å². The molecule has 0 spiro atoms. The van der Waals surface area contributed by atoms with Crippen molar-refractivity contribution in [2.24, 2.45) is 5.41 Å². The number of carbonyl (C=O) groups is 1. The van der Waals surface area contributed by atoms with Crippen molar-refractivity contribution in [2.45, 2.75) is 111 Å². The van der Waals surface area contributed by atoms with Crippen LogP contribution in [-0.4, -0.2) is 41.4 Å². The summed E-state index contributed by atoms with van der Waals surface area (Å²) in [6.45, 7) is 28.1. The van der Waals surface area contributed by atoms with Gasteiger partial charge in [0.15, 0.2) is 16.6 Å². The fourth-order valence-corrected chi connectivity index (χ4v) is 4.94. The standard InChI is InChI=1S/C22H45IO4Si2/c1-20(2,3)19(24)25-16-18(27-29(12,13)22(7,8)9)17(14-15-23)26-28(10,11)21(4,5)6/h14-15,17-18H,16H2,1-13H3/b15-14+/t17-,18-/m1/s1. The molecule has 0 N–H and O–H groups in total. The predicted molar refractivity (Wildman–Crippen MR) is 138 cm³/mol. The number of hydrogen-bond donors (Lipinski definition) is 0. The minimum Gasteiger partial charge on any atom is -0.462 e. The van der Waals surface area contributed by atoms with Crippen molar-refractivity contribution < 1.29 is 18.4 Å². The van der Waals surface area contributed by atoms with E-state index < -0.39 is 22.0 Å². The number of rotatable bonds is 8. The topological polar surface area (TPSA) is 44.8 Å². The zero-order valence-electron chi connectivity index (χ0n) is 21.0. The van der Waals surface area contributed by atoms with Gasteiger partial charge in [-0.3, -0.25) is 4.79 Å². The Morgan fingerprint density at radius 2 is 1.28 bits per heavy atom. The molecule has 4 nitrogen and oxygen atoms in total. The Kier molecular flexibility index (Phi) is 10.4. The van der Waals surface area contributed by atoms with Crippen LogP contribution in [0.15, 0.2) is 10.2 Å². The maximum atomic E-state index is 12.4. The summed E-state index contributed by atoms with van der Waals surface area (Å²) in [4.78, 5) is 12.4. The lowest BCUT2D eigenvalue weighted by molar-refractivity contribution is -0.156. The summed E-state index contributed by atoms with van der Waals surface area (Å²) >= 11 is 2.22. The summed E-state index contributed by atoms with van der Waals surface area (Å²) in [5.41, 5.74) is -0.545. The lowest BCUT2D eigenvalue weighted by atomic mass is 9.97. The van der Waals surface area contributed by atoms with E-state index in [9.17, 15) is 4.79 Å². The van der Waals surface area contributed by atoms with Crippen LogP contribution in [0.5, 0.6) is 0 Å². The second-order valence-electron chi connectivity index (χ2n) is 11.9. The maximum absolute atomic E-state index is 12.4. The van der Waals surface area contributed by atoms with Gasteiger partial charge < -0.3 is 13.6 Å². The summed E-state index contributed by atoms with van der Waals surface area (Å²) in [5, 5.41) is 0.128. The highest BCUT2D eigenvalue weighted by Gasteiger charge is 2.44. The van der Waals surface area contributed by atoms with Gasteiger partial charge in [0.2, 0.25) is 0 Å². The van der Waals surface area contributed by atoms with E-state index in [1.807, 2.05) is 30.9 Å². The summed E-state index contributed by atoms with van der Waals surface area (Å²) in [6, 6.07) is 0. The Bertz CT molecular complexity index is 567. The molecular formula is C22H45IO4Si2. The second kappa shape index (κ2) is 10.3. The minimum absolute atomic E-state index is 0.0504. The van der Waals surface area contributed by atoms with Gasteiger partial charge >= 0.3 is 5.97 Å². The molecule has 0 fully saturated rings. The largest absolute Gasteiger partial charge is 0.462 e. The van der Waals surface area contributed by atoms with Crippen molar-refractivity contribution in [3.05, 3.63) is 10.2 Å². The Hall–Kier alpha value is 0.294. The van der Waals surface area contributed by atoms with Crippen LogP contribution in [0.3, 0.4) is 0 Å². The van der Waals surface area contributed by atoms with E-state index in [0.717, 1.165) is 0 Å². The van der Waals surface area contributed by atoms with Crippen molar-refractivity contribution in [2.75, 3.05) is 6.61 Å². The maximum Gasteiger partial charge on any atom is 0.311 e. The van der Waals surface area contributed by atoms with E-state index >= 15 is 0 Å². The molecule has 2 atom stereocenters. The molecule has 0 unspecified atom stereocenters. The van der Waals surface area contributed by atoms with Gasteiger partial charge in [-0.25, -0.2) is 0 Å². The monoisotopic (exact) mass is 556 g/mol. The fourth-order valence-electron chi connectivity index (χ4n) is 1.95. The van der Waals surface area contributed by atoms with Gasteiger partial charge in [0.05, 0.1) is 11.5 Å². The summed E-state index contributed by atoms with van der Waals surface area (Å²) in [6.07, 6.45) is 1.46. The molecule has 0 saturated carbocycles. The highest BCUT2D eigenvalue weighted by Crippen LogP contribution is 2.40. The first-order chi connectivity index (χ1) is 12.7.